The SMILES string of the molecule is CC(O)C(=O)CC1CCCC1. The maximum atomic E-state index is 11.0. The van der Waals surface area contributed by atoms with Gasteiger partial charge in [-0.1, -0.05) is 25.7 Å². The summed E-state index contributed by atoms with van der Waals surface area (Å²) in [6.45, 7) is 1.55. The highest BCUT2D eigenvalue weighted by molar-refractivity contribution is 5.82. The average molecular weight is 156 g/mol. The van der Waals surface area contributed by atoms with E-state index in [4.69, 9.17) is 5.11 Å². The first kappa shape index (κ1) is 8.72. The van der Waals surface area contributed by atoms with Crippen molar-refractivity contribution in [3.63, 3.8) is 0 Å². The molecule has 1 aliphatic carbocycles. The molecule has 0 spiro atoms. The summed E-state index contributed by atoms with van der Waals surface area (Å²) in [7, 11) is 0. The predicted octanol–water partition coefficient (Wildman–Crippen LogP) is 1.52. The number of rotatable bonds is 3. The fraction of sp³-hybridized carbons (Fsp3) is 0.889. The first-order chi connectivity index (χ1) is 5.20. The second kappa shape index (κ2) is 3.86. The Morgan fingerprint density at radius 2 is 2.09 bits per heavy atom. The third-order valence-electron chi connectivity index (χ3n) is 2.43. The zero-order valence-corrected chi connectivity index (χ0v) is 7.05. The van der Waals surface area contributed by atoms with Crippen LogP contribution < -0.4 is 0 Å². The maximum absolute atomic E-state index is 11.0. The Morgan fingerprint density at radius 3 is 2.55 bits per heavy atom. The molecule has 0 saturated heterocycles. The van der Waals surface area contributed by atoms with Crippen molar-refractivity contribution < 1.29 is 9.90 Å². The van der Waals surface area contributed by atoms with Crippen LogP contribution in [0.25, 0.3) is 0 Å². The van der Waals surface area contributed by atoms with Gasteiger partial charge < -0.3 is 5.11 Å². The van der Waals surface area contributed by atoms with Gasteiger partial charge in [0, 0.05) is 6.42 Å². The molecule has 1 fully saturated rings. The third kappa shape index (κ3) is 2.62. The normalized spacial score (nSPS) is 22.0. The molecule has 0 aromatic carbocycles. The Kier molecular flexibility index (Phi) is 3.06. The number of hydrogen-bond acceptors (Lipinski definition) is 2. The van der Waals surface area contributed by atoms with Crippen LogP contribution in [0, 0.1) is 5.92 Å². The molecule has 64 valence electrons. The number of Topliss-reactive ketones (excluding diaryl/α,β-unsaturated/α-hetero) is 1. The highest BCUT2D eigenvalue weighted by Gasteiger charge is 2.20. The highest BCUT2D eigenvalue weighted by atomic mass is 16.3. The van der Waals surface area contributed by atoms with Gasteiger partial charge in [0.15, 0.2) is 5.78 Å². The van der Waals surface area contributed by atoms with Crippen molar-refractivity contribution in [3.8, 4) is 0 Å². The molecular formula is C9H16O2. The Balaban J connectivity index is 2.24. The molecule has 11 heavy (non-hydrogen) atoms. The van der Waals surface area contributed by atoms with Crippen LogP contribution in [0.4, 0.5) is 0 Å². The molecule has 0 aromatic heterocycles. The van der Waals surface area contributed by atoms with Gasteiger partial charge in [0.25, 0.3) is 0 Å². The van der Waals surface area contributed by atoms with E-state index >= 15 is 0 Å². The van der Waals surface area contributed by atoms with Crippen LogP contribution in [0.5, 0.6) is 0 Å². The Hall–Kier alpha value is -0.370. The Labute approximate surface area is 67.6 Å². The molecular weight excluding hydrogens is 140 g/mol. The lowest BCUT2D eigenvalue weighted by Crippen LogP contribution is -2.18. The van der Waals surface area contributed by atoms with E-state index in [0.717, 1.165) is 0 Å². The molecule has 0 amide bonds. The molecule has 1 atom stereocenters. The largest absolute Gasteiger partial charge is 0.386 e. The van der Waals surface area contributed by atoms with Gasteiger partial charge in [0.05, 0.1) is 0 Å². The summed E-state index contributed by atoms with van der Waals surface area (Å²) in [5.41, 5.74) is 0. The van der Waals surface area contributed by atoms with Crippen molar-refractivity contribution >= 4 is 5.78 Å². The van der Waals surface area contributed by atoms with E-state index in [1.54, 1.807) is 6.92 Å². The summed E-state index contributed by atoms with van der Waals surface area (Å²) in [6, 6.07) is 0. The van der Waals surface area contributed by atoms with Crippen LogP contribution in [0.2, 0.25) is 0 Å². The molecule has 1 saturated carbocycles. The van der Waals surface area contributed by atoms with Gasteiger partial charge in [-0.15, -0.1) is 0 Å². The van der Waals surface area contributed by atoms with Gasteiger partial charge in [-0.25, -0.2) is 0 Å². The number of aliphatic hydroxyl groups is 1. The number of carbonyl (C=O) groups is 1. The molecule has 2 nitrogen and oxygen atoms in total. The second-order valence-corrected chi connectivity index (χ2v) is 3.50. The van der Waals surface area contributed by atoms with Crippen LogP contribution in [0.15, 0.2) is 0 Å². The lowest BCUT2D eigenvalue weighted by molar-refractivity contribution is -0.127. The van der Waals surface area contributed by atoms with Crippen molar-refractivity contribution in [2.24, 2.45) is 5.92 Å². The number of carbonyl (C=O) groups excluding carboxylic acids is 1. The standard InChI is InChI=1S/C9H16O2/c1-7(10)9(11)6-8-4-2-3-5-8/h7-8,10H,2-6H2,1H3. The molecule has 0 heterocycles. The highest BCUT2D eigenvalue weighted by Crippen LogP contribution is 2.27. The van der Waals surface area contributed by atoms with Gasteiger partial charge in [-0.3, -0.25) is 4.79 Å². The lowest BCUT2D eigenvalue weighted by atomic mass is 9.99. The fourth-order valence-corrected chi connectivity index (χ4v) is 1.67. The topological polar surface area (TPSA) is 37.3 Å². The fourth-order valence-electron chi connectivity index (χ4n) is 1.67. The second-order valence-electron chi connectivity index (χ2n) is 3.50. The minimum absolute atomic E-state index is 0.0110. The molecule has 0 bridgehead atoms. The molecule has 1 N–H and O–H groups in total. The molecule has 0 aromatic rings. The van der Waals surface area contributed by atoms with Crippen LogP contribution in [0.1, 0.15) is 39.0 Å². The number of ketones is 1. The van der Waals surface area contributed by atoms with Crippen LogP contribution in [-0.2, 0) is 4.79 Å². The van der Waals surface area contributed by atoms with E-state index in [0.29, 0.717) is 12.3 Å². The first-order valence-electron chi connectivity index (χ1n) is 4.41. The minimum Gasteiger partial charge on any atom is -0.386 e. The van der Waals surface area contributed by atoms with Crippen LogP contribution in [0.3, 0.4) is 0 Å². The van der Waals surface area contributed by atoms with Crippen LogP contribution >= 0.6 is 0 Å². The van der Waals surface area contributed by atoms with Crippen LogP contribution in [-0.4, -0.2) is 17.0 Å². The summed E-state index contributed by atoms with van der Waals surface area (Å²) >= 11 is 0. The van der Waals surface area contributed by atoms with E-state index in [1.165, 1.54) is 25.7 Å². The van der Waals surface area contributed by atoms with Gasteiger partial charge in [-0.05, 0) is 12.8 Å². The summed E-state index contributed by atoms with van der Waals surface area (Å²) in [4.78, 5) is 11.0. The van der Waals surface area contributed by atoms with Crippen molar-refractivity contribution in [3.05, 3.63) is 0 Å². The Morgan fingerprint density at radius 1 is 1.55 bits per heavy atom. The van der Waals surface area contributed by atoms with E-state index < -0.39 is 6.10 Å². The van der Waals surface area contributed by atoms with E-state index in [9.17, 15) is 4.79 Å². The smallest absolute Gasteiger partial charge is 0.161 e. The van der Waals surface area contributed by atoms with Crippen molar-refractivity contribution in [1.82, 2.24) is 0 Å². The Bertz CT molecular complexity index is 134. The third-order valence-corrected chi connectivity index (χ3v) is 2.43. The predicted molar refractivity (Wildman–Crippen MR) is 43.3 cm³/mol. The van der Waals surface area contributed by atoms with Crippen molar-refractivity contribution in [2.75, 3.05) is 0 Å². The van der Waals surface area contributed by atoms with E-state index in [1.807, 2.05) is 0 Å². The molecule has 0 aliphatic heterocycles. The number of aliphatic hydroxyl groups excluding tert-OH is 1. The zero-order chi connectivity index (χ0) is 8.27. The van der Waals surface area contributed by atoms with E-state index in [2.05, 4.69) is 0 Å². The van der Waals surface area contributed by atoms with Gasteiger partial charge >= 0.3 is 0 Å². The van der Waals surface area contributed by atoms with Crippen molar-refractivity contribution in [1.29, 1.82) is 0 Å². The molecule has 1 aliphatic rings. The minimum atomic E-state index is -0.754. The van der Waals surface area contributed by atoms with Gasteiger partial charge in [-0.2, -0.15) is 0 Å². The van der Waals surface area contributed by atoms with Gasteiger partial charge in [0.1, 0.15) is 6.10 Å². The summed E-state index contributed by atoms with van der Waals surface area (Å²) in [5.74, 6) is 0.578. The molecule has 1 rings (SSSR count). The van der Waals surface area contributed by atoms with E-state index in [-0.39, 0.29) is 5.78 Å². The molecule has 2 heteroatoms. The summed E-state index contributed by atoms with van der Waals surface area (Å²) < 4.78 is 0. The molecule has 0 radical (unpaired) electrons. The summed E-state index contributed by atoms with van der Waals surface area (Å²) in [5, 5.41) is 8.93. The maximum Gasteiger partial charge on any atom is 0.161 e. The first-order valence-corrected chi connectivity index (χ1v) is 4.41. The van der Waals surface area contributed by atoms with Gasteiger partial charge in [0.2, 0.25) is 0 Å². The number of hydrogen-bond donors (Lipinski definition) is 1. The monoisotopic (exact) mass is 156 g/mol. The molecule has 1 unspecified atom stereocenters. The quantitative estimate of drug-likeness (QED) is 0.672. The summed E-state index contributed by atoms with van der Waals surface area (Å²) in [6.07, 6.45) is 4.72. The average Bonchev–Trinajstić information content (AvgIpc) is 2.39. The van der Waals surface area contributed by atoms with Crippen molar-refractivity contribution in [2.45, 2.75) is 45.1 Å². The zero-order valence-electron chi connectivity index (χ0n) is 7.05. The lowest BCUT2D eigenvalue weighted by Gasteiger charge is -2.08.